The lowest BCUT2D eigenvalue weighted by atomic mass is 10.2. The van der Waals surface area contributed by atoms with Gasteiger partial charge in [-0.05, 0) is 36.4 Å². The van der Waals surface area contributed by atoms with Crippen molar-refractivity contribution < 1.29 is 32.3 Å². The normalized spacial score (nSPS) is 16.4. The molecule has 2 aromatic carbocycles. The van der Waals surface area contributed by atoms with Crippen LogP contribution in [-0.2, 0) is 29.1 Å². The zero-order valence-corrected chi connectivity index (χ0v) is 19.0. The Bertz CT molecular complexity index is 1190. The van der Waals surface area contributed by atoms with Gasteiger partial charge in [-0.2, -0.15) is 4.31 Å². The number of hydrogen-bond donors (Lipinski definition) is 2. The Balaban J connectivity index is 1.35. The van der Waals surface area contributed by atoms with E-state index in [4.69, 9.17) is 9.47 Å². The fraction of sp³-hybridized carbons (Fsp3) is 0.286. The summed E-state index contributed by atoms with van der Waals surface area (Å²) in [6.07, 6.45) is 0. The van der Waals surface area contributed by atoms with Crippen LogP contribution >= 0.6 is 11.8 Å². The van der Waals surface area contributed by atoms with Crippen LogP contribution in [-0.4, -0.2) is 69.2 Å². The zero-order chi connectivity index (χ0) is 23.4. The predicted octanol–water partition coefficient (Wildman–Crippen LogP) is 1.55. The summed E-state index contributed by atoms with van der Waals surface area (Å²) in [6.45, 7) is 0.629. The van der Waals surface area contributed by atoms with Crippen molar-refractivity contribution in [1.82, 2.24) is 4.31 Å². The van der Waals surface area contributed by atoms with E-state index in [1.807, 2.05) is 0 Å². The molecule has 10 nitrogen and oxygen atoms in total. The number of carbonyl (C=O) groups is 3. The second kappa shape index (κ2) is 9.91. The standard InChI is InChI=1S/C21H21N3O7S2/c25-19(12-31-21(27)14-4-5-18-17(10-14)23-20(26)13-32-18)22-15-2-1-3-16(11-15)33(28,29)24-6-8-30-9-7-24/h1-5,10-11H,6-9,12-13H2,(H,22,25)(H,23,26). The molecule has 4 rings (SSSR count). The van der Waals surface area contributed by atoms with E-state index in [0.717, 1.165) is 4.90 Å². The SMILES string of the molecule is O=C(COC(=O)c1ccc2c(c1)NC(=O)CS2)Nc1cccc(S(=O)(=O)N2CCOCC2)c1. The zero-order valence-electron chi connectivity index (χ0n) is 17.4. The maximum absolute atomic E-state index is 12.8. The van der Waals surface area contributed by atoms with Crippen LogP contribution in [0.5, 0.6) is 0 Å². The Hall–Kier alpha value is -2.93. The van der Waals surface area contributed by atoms with E-state index in [1.165, 1.54) is 40.3 Å². The van der Waals surface area contributed by atoms with Gasteiger partial charge in [0.15, 0.2) is 6.61 Å². The summed E-state index contributed by atoms with van der Waals surface area (Å²) in [5.41, 5.74) is 0.982. The minimum atomic E-state index is -3.71. The van der Waals surface area contributed by atoms with Gasteiger partial charge < -0.3 is 20.1 Å². The highest BCUT2D eigenvalue weighted by atomic mass is 32.2. The van der Waals surface area contributed by atoms with Crippen LogP contribution in [0.4, 0.5) is 11.4 Å². The van der Waals surface area contributed by atoms with Gasteiger partial charge in [-0.15, -0.1) is 11.8 Å². The van der Waals surface area contributed by atoms with E-state index in [-0.39, 0.29) is 35.1 Å². The van der Waals surface area contributed by atoms with Crippen LogP contribution in [0.3, 0.4) is 0 Å². The molecule has 1 fully saturated rings. The lowest BCUT2D eigenvalue weighted by Gasteiger charge is -2.26. The fourth-order valence-corrected chi connectivity index (χ4v) is 5.53. The van der Waals surface area contributed by atoms with Gasteiger partial charge in [-0.1, -0.05) is 6.07 Å². The third-order valence-electron chi connectivity index (χ3n) is 4.91. The van der Waals surface area contributed by atoms with Crippen molar-refractivity contribution in [3.63, 3.8) is 0 Å². The quantitative estimate of drug-likeness (QED) is 0.582. The van der Waals surface area contributed by atoms with Crippen molar-refractivity contribution in [3.05, 3.63) is 48.0 Å². The molecule has 0 saturated carbocycles. The number of benzene rings is 2. The Kier molecular flexibility index (Phi) is 6.98. The lowest BCUT2D eigenvalue weighted by Crippen LogP contribution is -2.40. The number of fused-ring (bicyclic) bond motifs is 1. The van der Waals surface area contributed by atoms with E-state index < -0.39 is 28.5 Å². The van der Waals surface area contributed by atoms with E-state index in [2.05, 4.69) is 10.6 Å². The van der Waals surface area contributed by atoms with Crippen LogP contribution in [0.1, 0.15) is 10.4 Å². The molecular formula is C21H21N3O7S2. The molecule has 0 atom stereocenters. The Morgan fingerprint density at radius 3 is 2.73 bits per heavy atom. The second-order valence-electron chi connectivity index (χ2n) is 7.22. The van der Waals surface area contributed by atoms with Crippen molar-refractivity contribution in [1.29, 1.82) is 0 Å². The molecule has 2 aliphatic heterocycles. The first kappa shape index (κ1) is 23.2. The third kappa shape index (κ3) is 5.53. The van der Waals surface area contributed by atoms with Gasteiger partial charge >= 0.3 is 5.97 Å². The molecule has 0 aromatic heterocycles. The molecule has 2 aliphatic rings. The minimum Gasteiger partial charge on any atom is -0.452 e. The maximum atomic E-state index is 12.8. The third-order valence-corrected chi connectivity index (χ3v) is 7.88. The Labute approximate surface area is 194 Å². The number of thioether (sulfide) groups is 1. The first-order valence-electron chi connectivity index (χ1n) is 10.0. The Morgan fingerprint density at radius 2 is 1.94 bits per heavy atom. The van der Waals surface area contributed by atoms with Crippen LogP contribution < -0.4 is 10.6 Å². The van der Waals surface area contributed by atoms with Crippen molar-refractivity contribution in [2.45, 2.75) is 9.79 Å². The number of esters is 1. The summed E-state index contributed by atoms with van der Waals surface area (Å²) in [5, 5.41) is 5.22. The average molecular weight is 492 g/mol. The number of amides is 2. The first-order valence-corrected chi connectivity index (χ1v) is 12.5. The molecule has 0 radical (unpaired) electrons. The van der Waals surface area contributed by atoms with Crippen LogP contribution in [0, 0.1) is 0 Å². The number of nitrogens with zero attached hydrogens (tertiary/aromatic N) is 1. The van der Waals surface area contributed by atoms with Gasteiger partial charge in [-0.3, -0.25) is 9.59 Å². The summed E-state index contributed by atoms with van der Waals surface area (Å²) in [5.74, 6) is -1.19. The molecule has 174 valence electrons. The molecule has 2 amide bonds. The van der Waals surface area contributed by atoms with Crippen molar-refractivity contribution in [2.24, 2.45) is 0 Å². The Morgan fingerprint density at radius 1 is 1.15 bits per heavy atom. The van der Waals surface area contributed by atoms with E-state index in [9.17, 15) is 22.8 Å². The van der Waals surface area contributed by atoms with Crippen molar-refractivity contribution in [3.8, 4) is 0 Å². The predicted molar refractivity (Wildman–Crippen MR) is 121 cm³/mol. The minimum absolute atomic E-state index is 0.0492. The molecule has 0 aliphatic carbocycles. The van der Waals surface area contributed by atoms with E-state index >= 15 is 0 Å². The van der Waals surface area contributed by atoms with Gasteiger partial charge in [0.2, 0.25) is 15.9 Å². The second-order valence-corrected chi connectivity index (χ2v) is 10.2. The van der Waals surface area contributed by atoms with Crippen molar-refractivity contribution in [2.75, 3.05) is 49.3 Å². The van der Waals surface area contributed by atoms with Gasteiger partial charge in [0.05, 0.1) is 35.1 Å². The molecule has 12 heteroatoms. The fourth-order valence-electron chi connectivity index (χ4n) is 3.29. The smallest absolute Gasteiger partial charge is 0.338 e. The molecular weight excluding hydrogens is 470 g/mol. The summed E-state index contributed by atoms with van der Waals surface area (Å²) in [6, 6.07) is 10.6. The highest BCUT2D eigenvalue weighted by Gasteiger charge is 2.26. The maximum Gasteiger partial charge on any atom is 0.338 e. The average Bonchev–Trinajstić information content (AvgIpc) is 2.82. The molecule has 1 saturated heterocycles. The van der Waals surface area contributed by atoms with Gasteiger partial charge in [-0.25, -0.2) is 13.2 Å². The summed E-state index contributed by atoms with van der Waals surface area (Å²) < 4.78 is 37.1. The first-order chi connectivity index (χ1) is 15.8. The van der Waals surface area contributed by atoms with Gasteiger partial charge in [0, 0.05) is 23.7 Å². The number of sulfonamides is 1. The molecule has 0 unspecified atom stereocenters. The number of anilines is 2. The number of nitrogens with one attached hydrogen (secondary N) is 2. The van der Waals surface area contributed by atoms with Crippen LogP contribution in [0.2, 0.25) is 0 Å². The molecule has 0 spiro atoms. The van der Waals surface area contributed by atoms with Gasteiger partial charge in [0.1, 0.15) is 0 Å². The molecule has 33 heavy (non-hydrogen) atoms. The lowest BCUT2D eigenvalue weighted by molar-refractivity contribution is -0.119. The molecule has 0 bridgehead atoms. The van der Waals surface area contributed by atoms with Crippen LogP contribution in [0.15, 0.2) is 52.3 Å². The number of rotatable bonds is 6. The largest absolute Gasteiger partial charge is 0.452 e. The van der Waals surface area contributed by atoms with Crippen molar-refractivity contribution >= 4 is 50.9 Å². The summed E-state index contributed by atoms with van der Waals surface area (Å²) >= 11 is 1.37. The van der Waals surface area contributed by atoms with Gasteiger partial charge in [0.25, 0.3) is 5.91 Å². The number of ether oxygens (including phenoxy) is 2. The highest BCUT2D eigenvalue weighted by molar-refractivity contribution is 8.00. The summed E-state index contributed by atoms with van der Waals surface area (Å²) in [4.78, 5) is 37.0. The van der Waals surface area contributed by atoms with E-state index in [0.29, 0.717) is 24.7 Å². The monoisotopic (exact) mass is 491 g/mol. The van der Waals surface area contributed by atoms with Crippen LogP contribution in [0.25, 0.3) is 0 Å². The highest BCUT2D eigenvalue weighted by Crippen LogP contribution is 2.32. The molecule has 2 heterocycles. The topological polar surface area (TPSA) is 131 Å². The number of morpholine rings is 1. The molecule has 2 aromatic rings. The molecule has 2 N–H and O–H groups in total. The number of carbonyl (C=O) groups excluding carboxylic acids is 3. The number of hydrogen-bond acceptors (Lipinski definition) is 8. The summed E-state index contributed by atoms with van der Waals surface area (Å²) in [7, 11) is -3.71. The van der Waals surface area contributed by atoms with E-state index in [1.54, 1.807) is 18.2 Å².